The molecular weight excluding hydrogens is 333 g/mol. The minimum absolute atomic E-state index is 0.0183. The van der Waals surface area contributed by atoms with Crippen LogP contribution in [0, 0.1) is 0 Å². The summed E-state index contributed by atoms with van der Waals surface area (Å²) in [6.07, 6.45) is 0. The van der Waals surface area contributed by atoms with Gasteiger partial charge in [-0.05, 0) is 18.2 Å². The number of nitrogens with zero attached hydrogens (tertiary/aromatic N) is 1. The van der Waals surface area contributed by atoms with Gasteiger partial charge in [-0.3, -0.25) is 0 Å². The Bertz CT molecular complexity index is 644. The second-order valence-electron chi connectivity index (χ2n) is 4.31. The molecule has 0 atom stereocenters. The molecule has 1 aliphatic rings. The van der Waals surface area contributed by atoms with Crippen LogP contribution >= 0.6 is 23.2 Å². The minimum Gasteiger partial charge on any atom is -0.466 e. The second kappa shape index (κ2) is 7.00. The highest BCUT2D eigenvalue weighted by atomic mass is 35.5. The molecule has 0 N–H and O–H groups in total. The summed E-state index contributed by atoms with van der Waals surface area (Å²) in [5.74, 6) is -1.37. The standard InChI is InChI=1S/C14H13Cl2NO5/c1-20-13(18)9-6-22-7-17(12(9)14(19)21-2)11-5-8(15)3-4-10(11)16/h3-5H,6-7H2,1-2H3. The molecule has 22 heavy (non-hydrogen) atoms. The molecule has 1 aromatic carbocycles. The molecule has 6 nitrogen and oxygen atoms in total. The maximum absolute atomic E-state index is 12.1. The van der Waals surface area contributed by atoms with Crippen molar-refractivity contribution in [1.29, 1.82) is 0 Å². The number of ether oxygens (including phenoxy) is 3. The van der Waals surface area contributed by atoms with Crippen molar-refractivity contribution in [2.75, 3.05) is 32.5 Å². The Balaban J connectivity index is 2.60. The van der Waals surface area contributed by atoms with Gasteiger partial charge in [0.1, 0.15) is 12.4 Å². The second-order valence-corrected chi connectivity index (χ2v) is 5.16. The molecule has 0 fully saturated rings. The van der Waals surface area contributed by atoms with Gasteiger partial charge in [-0.1, -0.05) is 23.2 Å². The largest absolute Gasteiger partial charge is 0.466 e. The van der Waals surface area contributed by atoms with Gasteiger partial charge in [0.25, 0.3) is 0 Å². The maximum Gasteiger partial charge on any atom is 0.355 e. The molecule has 1 aliphatic heterocycles. The van der Waals surface area contributed by atoms with Gasteiger partial charge in [0.05, 0.1) is 37.1 Å². The molecule has 0 spiro atoms. The third-order valence-electron chi connectivity index (χ3n) is 3.03. The first kappa shape index (κ1) is 16.6. The summed E-state index contributed by atoms with van der Waals surface area (Å²) >= 11 is 12.1. The van der Waals surface area contributed by atoms with E-state index in [4.69, 9.17) is 32.7 Å². The first-order valence-electron chi connectivity index (χ1n) is 6.19. The van der Waals surface area contributed by atoms with Crippen molar-refractivity contribution in [3.8, 4) is 0 Å². The number of esters is 2. The molecule has 8 heteroatoms. The van der Waals surface area contributed by atoms with Gasteiger partial charge in [-0.2, -0.15) is 0 Å². The van der Waals surface area contributed by atoms with Crippen LogP contribution in [0.4, 0.5) is 5.69 Å². The number of hydrogen-bond donors (Lipinski definition) is 0. The summed E-state index contributed by atoms with van der Waals surface area (Å²) < 4.78 is 14.8. The Morgan fingerprint density at radius 3 is 2.50 bits per heavy atom. The van der Waals surface area contributed by atoms with Crippen LogP contribution in [0.5, 0.6) is 0 Å². The van der Waals surface area contributed by atoms with E-state index in [9.17, 15) is 9.59 Å². The van der Waals surface area contributed by atoms with E-state index in [0.29, 0.717) is 15.7 Å². The maximum atomic E-state index is 12.1. The number of carbonyl (C=O) groups excluding carboxylic acids is 2. The molecule has 1 heterocycles. The van der Waals surface area contributed by atoms with Crippen LogP contribution in [0.3, 0.4) is 0 Å². The predicted octanol–water partition coefficient (Wildman–Crippen LogP) is 2.39. The van der Waals surface area contributed by atoms with Gasteiger partial charge in [-0.25, -0.2) is 9.59 Å². The molecule has 0 amide bonds. The van der Waals surface area contributed by atoms with Gasteiger partial charge in [-0.15, -0.1) is 0 Å². The lowest BCUT2D eigenvalue weighted by atomic mass is 10.1. The van der Waals surface area contributed by atoms with Gasteiger partial charge in [0.15, 0.2) is 0 Å². The zero-order valence-corrected chi connectivity index (χ0v) is 13.4. The fourth-order valence-corrected chi connectivity index (χ4v) is 2.41. The quantitative estimate of drug-likeness (QED) is 0.783. The van der Waals surface area contributed by atoms with Gasteiger partial charge >= 0.3 is 11.9 Å². The molecule has 1 aromatic rings. The molecule has 2 rings (SSSR count). The molecule has 0 unspecified atom stereocenters. The van der Waals surface area contributed by atoms with Crippen LogP contribution in [0.15, 0.2) is 29.5 Å². The van der Waals surface area contributed by atoms with Gasteiger partial charge in [0.2, 0.25) is 0 Å². The number of benzene rings is 1. The van der Waals surface area contributed by atoms with E-state index in [2.05, 4.69) is 4.74 Å². The van der Waals surface area contributed by atoms with Crippen molar-refractivity contribution in [1.82, 2.24) is 0 Å². The average molecular weight is 346 g/mol. The van der Waals surface area contributed by atoms with Crippen LogP contribution < -0.4 is 4.90 Å². The SMILES string of the molecule is COC(=O)C1=C(C(=O)OC)N(c2cc(Cl)ccc2Cl)COC1. The van der Waals surface area contributed by atoms with Gasteiger partial charge in [0, 0.05) is 5.02 Å². The van der Waals surface area contributed by atoms with E-state index >= 15 is 0 Å². The summed E-state index contributed by atoms with van der Waals surface area (Å²) in [5, 5.41) is 0.773. The summed E-state index contributed by atoms with van der Waals surface area (Å²) in [5.41, 5.74) is 0.497. The summed E-state index contributed by atoms with van der Waals surface area (Å²) in [6, 6.07) is 4.76. The zero-order valence-electron chi connectivity index (χ0n) is 11.9. The number of rotatable bonds is 3. The third kappa shape index (κ3) is 3.19. The number of methoxy groups -OCH3 is 2. The Labute approximate surface area is 137 Å². The number of halogens is 2. The van der Waals surface area contributed by atoms with Crippen molar-refractivity contribution in [2.45, 2.75) is 0 Å². The third-order valence-corrected chi connectivity index (χ3v) is 3.59. The van der Waals surface area contributed by atoms with Crippen LogP contribution in [0.1, 0.15) is 0 Å². The summed E-state index contributed by atoms with van der Waals surface area (Å²) in [6.45, 7) is -0.0449. The van der Waals surface area contributed by atoms with E-state index in [1.807, 2.05) is 0 Å². The topological polar surface area (TPSA) is 65.1 Å². The Morgan fingerprint density at radius 2 is 1.86 bits per heavy atom. The molecule has 0 bridgehead atoms. The fourth-order valence-electron chi connectivity index (χ4n) is 2.03. The lowest BCUT2D eigenvalue weighted by Gasteiger charge is -2.31. The van der Waals surface area contributed by atoms with E-state index in [0.717, 1.165) is 0 Å². The fraction of sp³-hybridized carbons (Fsp3) is 0.286. The first-order valence-corrected chi connectivity index (χ1v) is 6.95. The van der Waals surface area contributed by atoms with Gasteiger partial charge < -0.3 is 19.1 Å². The summed E-state index contributed by atoms with van der Waals surface area (Å²) in [4.78, 5) is 25.4. The zero-order chi connectivity index (χ0) is 16.3. The number of hydrogen-bond acceptors (Lipinski definition) is 6. The molecule has 118 valence electrons. The minimum atomic E-state index is -0.695. The van der Waals surface area contributed by atoms with Crippen molar-refractivity contribution in [3.63, 3.8) is 0 Å². The Morgan fingerprint density at radius 1 is 1.18 bits per heavy atom. The summed E-state index contributed by atoms with van der Waals surface area (Å²) in [7, 11) is 2.44. The highest BCUT2D eigenvalue weighted by molar-refractivity contribution is 6.35. The average Bonchev–Trinajstić information content (AvgIpc) is 2.54. The predicted molar refractivity (Wildman–Crippen MR) is 80.8 cm³/mol. The Hall–Kier alpha value is -1.76. The van der Waals surface area contributed by atoms with E-state index < -0.39 is 11.9 Å². The van der Waals surface area contributed by atoms with Crippen LogP contribution in [-0.4, -0.2) is 39.5 Å². The number of anilines is 1. The lowest BCUT2D eigenvalue weighted by Crippen LogP contribution is -2.38. The van der Waals surface area contributed by atoms with Crippen molar-refractivity contribution in [2.24, 2.45) is 0 Å². The highest BCUT2D eigenvalue weighted by Gasteiger charge is 2.33. The normalized spacial score (nSPS) is 14.8. The smallest absolute Gasteiger partial charge is 0.355 e. The first-order chi connectivity index (χ1) is 10.5. The van der Waals surface area contributed by atoms with Crippen LogP contribution in [0.2, 0.25) is 10.0 Å². The van der Waals surface area contributed by atoms with E-state index in [1.54, 1.807) is 18.2 Å². The van der Waals surface area contributed by atoms with Crippen LogP contribution in [0.25, 0.3) is 0 Å². The monoisotopic (exact) mass is 345 g/mol. The van der Waals surface area contributed by atoms with Crippen LogP contribution in [-0.2, 0) is 23.8 Å². The lowest BCUT2D eigenvalue weighted by molar-refractivity contribution is -0.140. The van der Waals surface area contributed by atoms with E-state index in [1.165, 1.54) is 19.1 Å². The molecular formula is C14H13Cl2NO5. The number of carbonyl (C=O) groups is 2. The van der Waals surface area contributed by atoms with Crippen molar-refractivity contribution < 1.29 is 23.8 Å². The molecule has 0 saturated heterocycles. The van der Waals surface area contributed by atoms with Crippen molar-refractivity contribution >= 4 is 40.8 Å². The van der Waals surface area contributed by atoms with E-state index in [-0.39, 0.29) is 24.6 Å². The van der Waals surface area contributed by atoms with Crippen molar-refractivity contribution in [3.05, 3.63) is 39.5 Å². The highest BCUT2D eigenvalue weighted by Crippen LogP contribution is 2.34. The molecule has 0 saturated carbocycles. The molecule has 0 aromatic heterocycles. The molecule has 0 aliphatic carbocycles. The molecule has 0 radical (unpaired) electrons. The Kier molecular flexibility index (Phi) is 5.28.